The van der Waals surface area contributed by atoms with Gasteiger partial charge in [-0.2, -0.15) is 0 Å². The lowest BCUT2D eigenvalue weighted by Gasteiger charge is -2.29. The average molecular weight is 404 g/mol. The Morgan fingerprint density at radius 1 is 1.14 bits per heavy atom. The lowest BCUT2D eigenvalue weighted by molar-refractivity contribution is -0.144. The van der Waals surface area contributed by atoms with E-state index < -0.39 is 11.9 Å². The summed E-state index contributed by atoms with van der Waals surface area (Å²) < 4.78 is 21.4. The average Bonchev–Trinajstić information content (AvgIpc) is 2.65. The molecule has 0 radical (unpaired) electrons. The van der Waals surface area contributed by atoms with Crippen molar-refractivity contribution in [2.45, 2.75) is 53.1 Å². The van der Waals surface area contributed by atoms with Crippen LogP contribution in [0.4, 0.5) is 0 Å². The zero-order valence-electron chi connectivity index (χ0n) is 17.4. The van der Waals surface area contributed by atoms with E-state index >= 15 is 0 Å². The molecule has 29 heavy (non-hydrogen) atoms. The van der Waals surface area contributed by atoms with Crippen molar-refractivity contribution in [3.63, 3.8) is 0 Å². The van der Waals surface area contributed by atoms with Crippen LogP contribution in [0.1, 0.15) is 46.1 Å². The molecule has 2 rings (SSSR count). The first-order valence-electron chi connectivity index (χ1n) is 9.67. The molecule has 0 bridgehead atoms. The maximum Gasteiger partial charge on any atom is 0.308 e. The van der Waals surface area contributed by atoms with Gasteiger partial charge in [0.2, 0.25) is 0 Å². The zero-order valence-corrected chi connectivity index (χ0v) is 17.4. The number of esters is 3. The summed E-state index contributed by atoms with van der Waals surface area (Å²) in [6.45, 7) is 6.94. The van der Waals surface area contributed by atoms with Crippen LogP contribution in [-0.2, 0) is 30.3 Å². The summed E-state index contributed by atoms with van der Waals surface area (Å²) >= 11 is 0. The molecule has 0 aliphatic carbocycles. The molecule has 7 heteroatoms. The summed E-state index contributed by atoms with van der Waals surface area (Å²) in [5.74, 6) is -0.131. The third-order valence-electron chi connectivity index (χ3n) is 4.57. The molecule has 158 valence electrons. The molecule has 1 aliphatic rings. The smallest absolute Gasteiger partial charge is 0.308 e. The molecule has 1 heterocycles. The van der Waals surface area contributed by atoms with Crippen LogP contribution in [0.5, 0.6) is 11.5 Å². The Balaban J connectivity index is 2.00. The Bertz CT molecular complexity index is 771. The Morgan fingerprint density at radius 3 is 2.45 bits per heavy atom. The summed E-state index contributed by atoms with van der Waals surface area (Å²) in [5, 5.41) is 0. The van der Waals surface area contributed by atoms with Gasteiger partial charge in [0.05, 0.1) is 19.3 Å². The van der Waals surface area contributed by atoms with Crippen LogP contribution in [0.3, 0.4) is 0 Å². The van der Waals surface area contributed by atoms with E-state index in [1.54, 1.807) is 18.2 Å². The minimum atomic E-state index is -0.413. The van der Waals surface area contributed by atoms with Gasteiger partial charge in [0.15, 0.2) is 0 Å². The van der Waals surface area contributed by atoms with Gasteiger partial charge < -0.3 is 18.9 Å². The number of benzene rings is 1. The second-order valence-electron chi connectivity index (χ2n) is 7.19. The lowest BCUT2D eigenvalue weighted by atomic mass is 9.95. The summed E-state index contributed by atoms with van der Waals surface area (Å²) in [7, 11) is 0. The fourth-order valence-corrected chi connectivity index (χ4v) is 3.12. The fraction of sp³-hybridized carbons (Fsp3) is 0.500. The van der Waals surface area contributed by atoms with Crippen molar-refractivity contribution in [1.29, 1.82) is 0 Å². The molecule has 1 saturated heterocycles. The third-order valence-corrected chi connectivity index (χ3v) is 4.57. The minimum absolute atomic E-state index is 0.0513. The van der Waals surface area contributed by atoms with Crippen LogP contribution in [0.15, 0.2) is 29.8 Å². The van der Waals surface area contributed by atoms with Crippen LogP contribution in [0.2, 0.25) is 0 Å². The van der Waals surface area contributed by atoms with Crippen molar-refractivity contribution in [3.8, 4) is 11.5 Å². The largest absolute Gasteiger partial charge is 0.465 e. The van der Waals surface area contributed by atoms with Crippen molar-refractivity contribution in [1.82, 2.24) is 0 Å². The lowest BCUT2D eigenvalue weighted by Crippen LogP contribution is -2.30. The molecule has 7 nitrogen and oxygen atoms in total. The number of carbonyl (C=O) groups excluding carboxylic acids is 3. The normalized spacial score (nSPS) is 18.8. The van der Waals surface area contributed by atoms with E-state index in [1.807, 2.05) is 13.0 Å². The topological polar surface area (TPSA) is 88.1 Å². The molecule has 0 unspecified atom stereocenters. The summed E-state index contributed by atoms with van der Waals surface area (Å²) in [4.78, 5) is 33.5. The van der Waals surface area contributed by atoms with Crippen LogP contribution in [-0.4, -0.2) is 37.2 Å². The van der Waals surface area contributed by atoms with Crippen molar-refractivity contribution in [2.24, 2.45) is 5.92 Å². The van der Waals surface area contributed by atoms with Crippen molar-refractivity contribution in [2.75, 3.05) is 13.2 Å². The minimum Gasteiger partial charge on any atom is -0.465 e. The number of hydrogen-bond acceptors (Lipinski definition) is 7. The van der Waals surface area contributed by atoms with Gasteiger partial charge in [0, 0.05) is 32.3 Å². The molecule has 1 aromatic rings. The van der Waals surface area contributed by atoms with Gasteiger partial charge in [-0.25, -0.2) is 0 Å². The van der Waals surface area contributed by atoms with E-state index in [-0.39, 0.29) is 18.0 Å². The summed E-state index contributed by atoms with van der Waals surface area (Å²) in [5.41, 5.74) is 1.89. The standard InChI is InChI=1S/C22H28O7/c1-14(12-26-15(2)23)21-9-6-18(13-27-21)5-7-19-11-20(28-16(3)24)8-10-22(19)29-17(4)25/h5,8,10-11,14,21H,6-7,9,12-13H2,1-4H3/b18-5-/t14-,21-/m1/s1. The maximum atomic E-state index is 11.4. The van der Waals surface area contributed by atoms with Crippen LogP contribution in [0, 0.1) is 5.92 Å². The quantitative estimate of drug-likeness (QED) is 0.391. The van der Waals surface area contributed by atoms with Crippen molar-refractivity contribution < 1.29 is 33.3 Å². The molecule has 1 aromatic carbocycles. The number of hydrogen-bond donors (Lipinski definition) is 0. The van der Waals surface area contributed by atoms with Crippen molar-refractivity contribution >= 4 is 17.9 Å². The van der Waals surface area contributed by atoms with E-state index in [1.165, 1.54) is 20.8 Å². The first kappa shape index (κ1) is 22.6. The van der Waals surface area contributed by atoms with E-state index in [4.69, 9.17) is 18.9 Å². The first-order valence-corrected chi connectivity index (χ1v) is 9.67. The van der Waals surface area contributed by atoms with Crippen LogP contribution in [0.25, 0.3) is 0 Å². The molecule has 0 spiro atoms. The fourth-order valence-electron chi connectivity index (χ4n) is 3.12. The van der Waals surface area contributed by atoms with Gasteiger partial charge in [-0.1, -0.05) is 13.0 Å². The van der Waals surface area contributed by atoms with Gasteiger partial charge in [-0.05, 0) is 43.0 Å². The second kappa shape index (κ2) is 10.8. The molecule has 0 N–H and O–H groups in total. The van der Waals surface area contributed by atoms with Gasteiger partial charge in [0.25, 0.3) is 0 Å². The van der Waals surface area contributed by atoms with E-state index in [2.05, 4.69) is 0 Å². The molecule has 0 saturated carbocycles. The van der Waals surface area contributed by atoms with Gasteiger partial charge in [-0.3, -0.25) is 14.4 Å². The summed E-state index contributed by atoms with van der Waals surface area (Å²) in [6, 6.07) is 4.91. The van der Waals surface area contributed by atoms with E-state index in [9.17, 15) is 14.4 Å². The number of carbonyl (C=O) groups is 3. The van der Waals surface area contributed by atoms with E-state index in [0.717, 1.165) is 24.0 Å². The highest BCUT2D eigenvalue weighted by atomic mass is 16.5. The zero-order chi connectivity index (χ0) is 21.4. The highest BCUT2D eigenvalue weighted by Gasteiger charge is 2.23. The molecule has 2 atom stereocenters. The van der Waals surface area contributed by atoms with Crippen LogP contribution >= 0.6 is 0 Å². The molecule has 0 amide bonds. The first-order chi connectivity index (χ1) is 13.7. The highest BCUT2D eigenvalue weighted by molar-refractivity contribution is 5.71. The number of allylic oxidation sites excluding steroid dienone is 1. The monoisotopic (exact) mass is 404 g/mol. The number of rotatable bonds is 7. The second-order valence-corrected chi connectivity index (χ2v) is 7.19. The van der Waals surface area contributed by atoms with Crippen molar-refractivity contribution in [3.05, 3.63) is 35.4 Å². The molecule has 0 aromatic heterocycles. The predicted molar refractivity (Wildman–Crippen MR) is 106 cm³/mol. The Hall–Kier alpha value is -2.67. The maximum absolute atomic E-state index is 11.4. The Morgan fingerprint density at radius 2 is 1.86 bits per heavy atom. The summed E-state index contributed by atoms with van der Waals surface area (Å²) in [6.07, 6.45) is 4.34. The predicted octanol–water partition coefficient (Wildman–Crippen LogP) is 3.38. The van der Waals surface area contributed by atoms with Gasteiger partial charge in [0.1, 0.15) is 11.5 Å². The molecule has 1 aliphatic heterocycles. The van der Waals surface area contributed by atoms with Gasteiger partial charge >= 0.3 is 17.9 Å². The third kappa shape index (κ3) is 7.69. The Labute approximate surface area is 171 Å². The molecular formula is C22H28O7. The SMILES string of the molecule is CC(=O)OC[C@@H](C)[C@H]1CC/C(=C/Cc2cc(OC(C)=O)ccc2OC(C)=O)CO1. The Kier molecular flexibility index (Phi) is 8.39. The van der Waals surface area contributed by atoms with Gasteiger partial charge in [-0.15, -0.1) is 0 Å². The van der Waals surface area contributed by atoms with E-state index in [0.29, 0.717) is 31.1 Å². The molecule has 1 fully saturated rings. The molecular weight excluding hydrogens is 376 g/mol. The highest BCUT2D eigenvalue weighted by Crippen LogP contribution is 2.28. The number of ether oxygens (including phenoxy) is 4. The van der Waals surface area contributed by atoms with Crippen LogP contribution < -0.4 is 9.47 Å².